The number of hydrogen-bond donors (Lipinski definition) is 1. The molecule has 0 aliphatic carbocycles. The Bertz CT molecular complexity index is 307. The normalized spacial score (nSPS) is 13.9. The summed E-state index contributed by atoms with van der Waals surface area (Å²) in [5.74, 6) is -0.456. The second-order valence-electron chi connectivity index (χ2n) is 3.02. The van der Waals surface area contributed by atoms with E-state index < -0.39 is 15.8 Å². The molecule has 0 fully saturated rings. The van der Waals surface area contributed by atoms with Gasteiger partial charge in [0.05, 0.1) is 12.9 Å². The third-order valence-electron chi connectivity index (χ3n) is 1.35. The molecular weight excluding hydrogens is 206 g/mol. The van der Waals surface area contributed by atoms with Gasteiger partial charge >= 0.3 is 5.97 Å². The Hall–Kier alpha value is -1.04. The van der Waals surface area contributed by atoms with Gasteiger partial charge in [0.1, 0.15) is 9.84 Å². The van der Waals surface area contributed by atoms with Gasteiger partial charge in [-0.15, -0.1) is 0 Å². The van der Waals surface area contributed by atoms with Crippen LogP contribution in [0.2, 0.25) is 0 Å². The monoisotopic (exact) mass is 221 g/mol. The molecule has 0 aliphatic rings. The van der Waals surface area contributed by atoms with E-state index in [-0.39, 0.29) is 11.8 Å². The number of carbonyl (C=O) groups excluding carboxylic acids is 1. The SMILES string of the molecule is COC(=O)/C=C/NC(C)CS(C)(=O)=O. The maximum Gasteiger partial charge on any atom is 0.331 e. The highest BCUT2D eigenvalue weighted by Crippen LogP contribution is 1.89. The smallest absolute Gasteiger partial charge is 0.331 e. The predicted molar refractivity (Wildman–Crippen MR) is 53.5 cm³/mol. The van der Waals surface area contributed by atoms with E-state index in [0.29, 0.717) is 0 Å². The van der Waals surface area contributed by atoms with E-state index in [1.54, 1.807) is 6.92 Å². The molecule has 0 aromatic heterocycles. The van der Waals surface area contributed by atoms with Crippen molar-refractivity contribution in [2.45, 2.75) is 13.0 Å². The van der Waals surface area contributed by atoms with Crippen LogP contribution in [0.3, 0.4) is 0 Å². The molecule has 1 N–H and O–H groups in total. The Morgan fingerprint density at radius 3 is 2.57 bits per heavy atom. The van der Waals surface area contributed by atoms with Crippen LogP contribution in [-0.2, 0) is 19.4 Å². The van der Waals surface area contributed by atoms with E-state index in [2.05, 4.69) is 10.1 Å². The average molecular weight is 221 g/mol. The molecule has 0 amide bonds. The number of nitrogens with one attached hydrogen (secondary N) is 1. The lowest BCUT2D eigenvalue weighted by molar-refractivity contribution is -0.134. The van der Waals surface area contributed by atoms with E-state index in [1.165, 1.54) is 19.4 Å². The van der Waals surface area contributed by atoms with Crippen molar-refractivity contribution >= 4 is 15.8 Å². The molecule has 0 heterocycles. The van der Waals surface area contributed by atoms with E-state index >= 15 is 0 Å². The fourth-order valence-electron chi connectivity index (χ4n) is 0.851. The lowest BCUT2D eigenvalue weighted by Crippen LogP contribution is -2.28. The maximum atomic E-state index is 10.8. The number of carbonyl (C=O) groups is 1. The first-order chi connectivity index (χ1) is 6.35. The summed E-state index contributed by atoms with van der Waals surface area (Å²) < 4.78 is 26.0. The Kier molecular flexibility index (Phi) is 5.22. The molecule has 0 aromatic rings. The fraction of sp³-hybridized carbons (Fsp3) is 0.625. The maximum absolute atomic E-state index is 10.8. The van der Waals surface area contributed by atoms with Crippen LogP contribution in [0.4, 0.5) is 0 Å². The van der Waals surface area contributed by atoms with Crippen molar-refractivity contribution in [3.05, 3.63) is 12.3 Å². The van der Waals surface area contributed by atoms with Crippen LogP contribution in [0.25, 0.3) is 0 Å². The topological polar surface area (TPSA) is 72.5 Å². The minimum Gasteiger partial charge on any atom is -0.466 e. The van der Waals surface area contributed by atoms with Crippen LogP contribution in [0.5, 0.6) is 0 Å². The first-order valence-corrected chi connectivity index (χ1v) is 6.09. The second-order valence-corrected chi connectivity index (χ2v) is 5.20. The van der Waals surface area contributed by atoms with Crippen LogP contribution < -0.4 is 5.32 Å². The molecule has 5 nitrogen and oxygen atoms in total. The predicted octanol–water partition coefficient (Wildman–Crippen LogP) is -0.304. The average Bonchev–Trinajstić information content (AvgIpc) is 2.00. The molecule has 0 saturated carbocycles. The number of rotatable bonds is 5. The largest absolute Gasteiger partial charge is 0.466 e. The van der Waals surface area contributed by atoms with E-state index in [0.717, 1.165) is 6.26 Å². The Morgan fingerprint density at radius 2 is 2.14 bits per heavy atom. The molecule has 0 bridgehead atoms. The van der Waals surface area contributed by atoms with Crippen LogP contribution in [0.15, 0.2) is 12.3 Å². The minimum absolute atomic E-state index is 0.0263. The molecule has 1 atom stereocenters. The van der Waals surface area contributed by atoms with Gasteiger partial charge in [-0.25, -0.2) is 13.2 Å². The highest BCUT2D eigenvalue weighted by atomic mass is 32.2. The lowest BCUT2D eigenvalue weighted by Gasteiger charge is -2.09. The van der Waals surface area contributed by atoms with Crippen molar-refractivity contribution in [1.82, 2.24) is 5.32 Å². The van der Waals surface area contributed by atoms with Crippen molar-refractivity contribution in [2.75, 3.05) is 19.1 Å². The standard InChI is InChI=1S/C8H15NO4S/c1-7(6-14(3,11)12)9-5-4-8(10)13-2/h4-5,7,9H,6H2,1-3H3/b5-4+. The van der Waals surface area contributed by atoms with Gasteiger partial charge in [-0.3, -0.25) is 0 Å². The zero-order valence-electron chi connectivity index (χ0n) is 8.48. The molecule has 1 unspecified atom stereocenters. The Balaban J connectivity index is 3.91. The van der Waals surface area contributed by atoms with Crippen LogP contribution in [0, 0.1) is 0 Å². The molecule has 0 rings (SSSR count). The summed E-state index contributed by atoms with van der Waals surface area (Å²) in [5.41, 5.74) is 0. The van der Waals surface area contributed by atoms with Crippen molar-refractivity contribution in [2.24, 2.45) is 0 Å². The van der Waals surface area contributed by atoms with E-state index in [4.69, 9.17) is 0 Å². The lowest BCUT2D eigenvalue weighted by atomic mass is 10.4. The van der Waals surface area contributed by atoms with Crippen LogP contribution in [-0.4, -0.2) is 39.5 Å². The summed E-state index contributed by atoms with van der Waals surface area (Å²) in [6.07, 6.45) is 3.73. The van der Waals surface area contributed by atoms with Crippen molar-refractivity contribution in [3.8, 4) is 0 Å². The van der Waals surface area contributed by atoms with Gasteiger partial charge in [0, 0.05) is 24.6 Å². The summed E-state index contributed by atoms with van der Waals surface area (Å²) in [6.45, 7) is 1.71. The second kappa shape index (κ2) is 5.64. The summed E-state index contributed by atoms with van der Waals surface area (Å²) in [5, 5.41) is 2.74. The first-order valence-electron chi connectivity index (χ1n) is 4.03. The highest BCUT2D eigenvalue weighted by Gasteiger charge is 2.07. The van der Waals surface area contributed by atoms with Gasteiger partial charge in [-0.05, 0) is 6.92 Å². The number of ether oxygens (including phenoxy) is 1. The van der Waals surface area contributed by atoms with Gasteiger partial charge < -0.3 is 10.1 Å². The summed E-state index contributed by atoms with van der Waals surface area (Å²) in [4.78, 5) is 10.6. The van der Waals surface area contributed by atoms with Gasteiger partial charge in [0.25, 0.3) is 0 Å². The molecule has 0 aliphatic heterocycles. The number of methoxy groups -OCH3 is 1. The zero-order valence-corrected chi connectivity index (χ0v) is 9.30. The third kappa shape index (κ3) is 7.60. The molecular formula is C8H15NO4S. The van der Waals surface area contributed by atoms with Gasteiger partial charge in [0.15, 0.2) is 0 Å². The molecule has 0 aromatic carbocycles. The molecule has 0 radical (unpaired) electrons. The Labute approximate surface area is 84.1 Å². The quantitative estimate of drug-likeness (QED) is 0.509. The molecule has 6 heteroatoms. The van der Waals surface area contributed by atoms with Crippen LogP contribution in [0.1, 0.15) is 6.92 Å². The fourth-order valence-corrected chi connectivity index (χ4v) is 1.86. The molecule has 82 valence electrons. The van der Waals surface area contributed by atoms with Gasteiger partial charge in [-0.2, -0.15) is 0 Å². The molecule has 0 spiro atoms. The van der Waals surface area contributed by atoms with Crippen LogP contribution >= 0.6 is 0 Å². The van der Waals surface area contributed by atoms with Gasteiger partial charge in [-0.1, -0.05) is 0 Å². The Morgan fingerprint density at radius 1 is 1.57 bits per heavy atom. The first kappa shape index (κ1) is 13.0. The summed E-state index contributed by atoms with van der Waals surface area (Å²) in [6, 6.07) is -0.231. The van der Waals surface area contributed by atoms with Gasteiger partial charge in [0.2, 0.25) is 0 Å². The van der Waals surface area contributed by atoms with E-state index in [1.807, 2.05) is 0 Å². The minimum atomic E-state index is -2.99. The zero-order chi connectivity index (χ0) is 11.2. The molecule has 0 saturated heterocycles. The third-order valence-corrected chi connectivity index (χ3v) is 2.46. The number of sulfone groups is 1. The summed E-state index contributed by atoms with van der Waals surface area (Å²) >= 11 is 0. The summed E-state index contributed by atoms with van der Waals surface area (Å²) in [7, 11) is -1.72. The van der Waals surface area contributed by atoms with Crippen molar-refractivity contribution < 1.29 is 17.9 Å². The number of hydrogen-bond acceptors (Lipinski definition) is 5. The highest BCUT2D eigenvalue weighted by molar-refractivity contribution is 7.90. The number of esters is 1. The van der Waals surface area contributed by atoms with E-state index in [9.17, 15) is 13.2 Å². The molecule has 14 heavy (non-hydrogen) atoms. The van der Waals surface area contributed by atoms with Crippen molar-refractivity contribution in [3.63, 3.8) is 0 Å². The van der Waals surface area contributed by atoms with Crippen molar-refractivity contribution in [1.29, 1.82) is 0 Å².